The second-order valence-electron chi connectivity index (χ2n) is 4.67. The van der Waals surface area contributed by atoms with E-state index in [1.807, 2.05) is 30.3 Å². The molecule has 1 aliphatic rings. The van der Waals surface area contributed by atoms with Gasteiger partial charge in [0.2, 0.25) is 0 Å². The maximum absolute atomic E-state index is 12.5. The molecule has 0 spiro atoms. The number of para-hydroxylation sites is 1. The van der Waals surface area contributed by atoms with Crippen molar-refractivity contribution in [2.24, 2.45) is 10.9 Å². The van der Waals surface area contributed by atoms with Crippen molar-refractivity contribution in [2.45, 2.75) is 25.4 Å². The first kappa shape index (κ1) is 14.3. The summed E-state index contributed by atoms with van der Waals surface area (Å²) in [6, 6.07) is 9.35. The molecule has 0 radical (unpaired) electrons. The Labute approximate surface area is 117 Å². The van der Waals surface area contributed by atoms with Crippen LogP contribution in [0.1, 0.15) is 19.3 Å². The number of nitrogens with zero attached hydrogens (tertiary/aromatic N) is 2. The number of rotatable bonds is 5. The molecule has 3 N–H and O–H groups in total. The van der Waals surface area contributed by atoms with Crippen LogP contribution in [0, 0.1) is 0 Å². The summed E-state index contributed by atoms with van der Waals surface area (Å²) in [6.07, 6.45) is 1.57. The lowest BCUT2D eigenvalue weighted by Gasteiger charge is -2.25. The van der Waals surface area contributed by atoms with Gasteiger partial charge in [-0.2, -0.15) is 0 Å². The largest absolute Gasteiger partial charge is 0.409 e. The molecule has 1 aliphatic heterocycles. The zero-order valence-corrected chi connectivity index (χ0v) is 11.2. The summed E-state index contributed by atoms with van der Waals surface area (Å²) in [5.74, 6) is 0.0329. The molecule has 20 heavy (non-hydrogen) atoms. The SMILES string of the molecule is N/C(CCN(C(=O)C1CCCO1)c1ccccc1)=N/O. The third kappa shape index (κ3) is 3.48. The molecule has 108 valence electrons. The molecule has 1 fully saturated rings. The van der Waals surface area contributed by atoms with E-state index in [2.05, 4.69) is 5.16 Å². The number of hydrogen-bond acceptors (Lipinski definition) is 4. The highest BCUT2D eigenvalue weighted by Gasteiger charge is 2.29. The topological polar surface area (TPSA) is 88.2 Å². The Morgan fingerprint density at radius 2 is 2.20 bits per heavy atom. The van der Waals surface area contributed by atoms with E-state index in [9.17, 15) is 4.79 Å². The average Bonchev–Trinajstić information content (AvgIpc) is 3.02. The summed E-state index contributed by atoms with van der Waals surface area (Å²) in [6.45, 7) is 0.984. The van der Waals surface area contributed by atoms with Gasteiger partial charge in [0.05, 0.1) is 0 Å². The minimum atomic E-state index is -0.387. The van der Waals surface area contributed by atoms with Crippen LogP contribution >= 0.6 is 0 Å². The van der Waals surface area contributed by atoms with E-state index in [0.29, 0.717) is 19.6 Å². The molecular weight excluding hydrogens is 258 g/mol. The van der Waals surface area contributed by atoms with Crippen LogP contribution in [0.4, 0.5) is 5.69 Å². The van der Waals surface area contributed by atoms with Gasteiger partial charge in [0.1, 0.15) is 11.9 Å². The fraction of sp³-hybridized carbons (Fsp3) is 0.429. The zero-order valence-electron chi connectivity index (χ0n) is 11.2. The Hall–Kier alpha value is -2.08. The number of amidine groups is 1. The maximum atomic E-state index is 12.5. The van der Waals surface area contributed by atoms with E-state index in [0.717, 1.165) is 18.5 Å². The number of carbonyl (C=O) groups excluding carboxylic acids is 1. The van der Waals surface area contributed by atoms with Crippen molar-refractivity contribution < 1.29 is 14.7 Å². The molecule has 1 amide bonds. The van der Waals surface area contributed by atoms with Gasteiger partial charge in [0.25, 0.3) is 5.91 Å². The van der Waals surface area contributed by atoms with Crippen LogP contribution in [0.3, 0.4) is 0 Å². The highest BCUT2D eigenvalue weighted by atomic mass is 16.5. The molecule has 1 atom stereocenters. The van der Waals surface area contributed by atoms with Crippen molar-refractivity contribution in [1.29, 1.82) is 0 Å². The van der Waals surface area contributed by atoms with E-state index in [-0.39, 0.29) is 17.8 Å². The van der Waals surface area contributed by atoms with E-state index in [1.165, 1.54) is 0 Å². The Bertz CT molecular complexity index is 470. The number of benzene rings is 1. The first-order valence-corrected chi connectivity index (χ1v) is 6.67. The fourth-order valence-corrected chi connectivity index (χ4v) is 2.20. The molecule has 2 rings (SSSR count). The monoisotopic (exact) mass is 277 g/mol. The first-order chi connectivity index (χ1) is 9.72. The van der Waals surface area contributed by atoms with E-state index in [1.54, 1.807) is 4.90 Å². The molecule has 1 aromatic carbocycles. The molecule has 1 aromatic rings. The van der Waals surface area contributed by atoms with Gasteiger partial charge in [-0.3, -0.25) is 4.79 Å². The van der Waals surface area contributed by atoms with Crippen LogP contribution in [0.2, 0.25) is 0 Å². The molecule has 0 aromatic heterocycles. The molecule has 0 aliphatic carbocycles. The second kappa shape index (κ2) is 6.91. The van der Waals surface area contributed by atoms with E-state index in [4.69, 9.17) is 15.7 Å². The van der Waals surface area contributed by atoms with Crippen LogP contribution in [-0.2, 0) is 9.53 Å². The normalized spacial score (nSPS) is 19.0. The molecule has 0 saturated carbocycles. The predicted molar refractivity (Wildman–Crippen MR) is 75.8 cm³/mol. The highest BCUT2D eigenvalue weighted by Crippen LogP contribution is 2.20. The smallest absolute Gasteiger partial charge is 0.256 e. The van der Waals surface area contributed by atoms with E-state index < -0.39 is 0 Å². The van der Waals surface area contributed by atoms with Gasteiger partial charge in [-0.25, -0.2) is 0 Å². The van der Waals surface area contributed by atoms with Gasteiger partial charge in [0, 0.05) is 25.3 Å². The first-order valence-electron chi connectivity index (χ1n) is 6.67. The van der Waals surface area contributed by atoms with Crippen molar-refractivity contribution in [3.8, 4) is 0 Å². The number of anilines is 1. The number of ether oxygens (including phenoxy) is 1. The number of hydrogen-bond donors (Lipinski definition) is 2. The summed E-state index contributed by atoms with van der Waals surface area (Å²) >= 11 is 0. The minimum absolute atomic E-state index is 0.0700. The molecule has 1 saturated heterocycles. The third-order valence-electron chi connectivity index (χ3n) is 3.26. The highest BCUT2D eigenvalue weighted by molar-refractivity contribution is 5.97. The van der Waals surface area contributed by atoms with Gasteiger partial charge in [-0.15, -0.1) is 0 Å². The second-order valence-corrected chi connectivity index (χ2v) is 4.67. The third-order valence-corrected chi connectivity index (χ3v) is 3.26. The van der Waals surface area contributed by atoms with Crippen molar-refractivity contribution in [1.82, 2.24) is 0 Å². The number of oxime groups is 1. The summed E-state index contributed by atoms with van der Waals surface area (Å²) in [5.41, 5.74) is 6.27. The quantitative estimate of drug-likeness (QED) is 0.368. The lowest BCUT2D eigenvalue weighted by Crippen LogP contribution is -2.40. The van der Waals surface area contributed by atoms with Crippen LogP contribution in [0.15, 0.2) is 35.5 Å². The van der Waals surface area contributed by atoms with Crippen molar-refractivity contribution in [2.75, 3.05) is 18.1 Å². The van der Waals surface area contributed by atoms with E-state index >= 15 is 0 Å². The Kier molecular flexibility index (Phi) is 4.95. The Morgan fingerprint density at radius 1 is 1.45 bits per heavy atom. The number of nitrogens with two attached hydrogens (primary N) is 1. The van der Waals surface area contributed by atoms with Gasteiger partial charge >= 0.3 is 0 Å². The summed E-state index contributed by atoms with van der Waals surface area (Å²) in [7, 11) is 0. The van der Waals surface area contributed by atoms with Crippen molar-refractivity contribution in [3.63, 3.8) is 0 Å². The molecule has 6 heteroatoms. The Morgan fingerprint density at radius 3 is 2.80 bits per heavy atom. The van der Waals surface area contributed by atoms with Crippen LogP contribution < -0.4 is 10.6 Å². The Balaban J connectivity index is 2.13. The molecule has 1 heterocycles. The van der Waals surface area contributed by atoms with Gasteiger partial charge < -0.3 is 20.6 Å². The number of amides is 1. The molecular formula is C14H19N3O3. The summed E-state index contributed by atoms with van der Waals surface area (Å²) in [4.78, 5) is 14.1. The molecule has 6 nitrogen and oxygen atoms in total. The van der Waals surface area contributed by atoms with Crippen LogP contribution in [0.5, 0.6) is 0 Å². The van der Waals surface area contributed by atoms with Gasteiger partial charge in [-0.05, 0) is 25.0 Å². The van der Waals surface area contributed by atoms with Crippen molar-refractivity contribution in [3.05, 3.63) is 30.3 Å². The summed E-state index contributed by atoms with van der Waals surface area (Å²) in [5, 5.41) is 11.5. The van der Waals surface area contributed by atoms with Crippen LogP contribution in [0.25, 0.3) is 0 Å². The van der Waals surface area contributed by atoms with Crippen molar-refractivity contribution >= 4 is 17.4 Å². The van der Waals surface area contributed by atoms with Crippen LogP contribution in [-0.4, -0.2) is 36.2 Å². The average molecular weight is 277 g/mol. The van der Waals surface area contributed by atoms with Gasteiger partial charge in [-0.1, -0.05) is 23.4 Å². The predicted octanol–water partition coefficient (Wildman–Crippen LogP) is 1.34. The van der Waals surface area contributed by atoms with Gasteiger partial charge in [0.15, 0.2) is 0 Å². The summed E-state index contributed by atoms with van der Waals surface area (Å²) < 4.78 is 5.45. The molecule has 0 bridgehead atoms. The lowest BCUT2D eigenvalue weighted by atomic mass is 10.2. The number of carbonyl (C=O) groups is 1. The minimum Gasteiger partial charge on any atom is -0.409 e. The fourth-order valence-electron chi connectivity index (χ4n) is 2.20. The zero-order chi connectivity index (χ0) is 14.4. The lowest BCUT2D eigenvalue weighted by molar-refractivity contribution is -0.127. The molecule has 1 unspecified atom stereocenters. The maximum Gasteiger partial charge on any atom is 0.256 e. The standard InChI is InChI=1S/C14H19N3O3/c15-13(16-19)8-9-17(11-5-2-1-3-6-11)14(18)12-7-4-10-20-12/h1-3,5-6,12,19H,4,7-10H2,(H2,15,16).